The Labute approximate surface area is 55.5 Å². The molecule has 1 rings (SSSR count). The monoisotopic (exact) mass is 130 g/mol. The molecule has 3 heteroatoms. The van der Waals surface area contributed by atoms with E-state index in [4.69, 9.17) is 10.6 Å². The van der Waals surface area contributed by atoms with E-state index in [9.17, 15) is 0 Å². The van der Waals surface area contributed by atoms with Crippen molar-refractivity contribution in [2.45, 2.75) is 31.4 Å². The second-order valence-corrected chi connectivity index (χ2v) is 2.53. The van der Waals surface area contributed by atoms with Gasteiger partial charge in [-0.25, -0.2) is 0 Å². The zero-order valence-corrected chi connectivity index (χ0v) is 5.76. The van der Waals surface area contributed by atoms with Crippen molar-refractivity contribution in [3.8, 4) is 0 Å². The standard InChI is InChI=1S/C6H14N2O/c1-9-6-3-2-5(4-6)8-7/h5-6,8H,2-4,7H2,1H3. The van der Waals surface area contributed by atoms with E-state index in [1.807, 2.05) is 0 Å². The van der Waals surface area contributed by atoms with E-state index in [0.717, 1.165) is 19.3 Å². The first-order valence-electron chi connectivity index (χ1n) is 3.35. The first-order valence-corrected chi connectivity index (χ1v) is 3.35. The first kappa shape index (κ1) is 6.99. The summed E-state index contributed by atoms with van der Waals surface area (Å²) in [7, 11) is 1.75. The highest BCUT2D eigenvalue weighted by atomic mass is 16.5. The van der Waals surface area contributed by atoms with Gasteiger partial charge in [-0.1, -0.05) is 0 Å². The van der Waals surface area contributed by atoms with Crippen molar-refractivity contribution < 1.29 is 4.74 Å². The smallest absolute Gasteiger partial charge is 0.0587 e. The van der Waals surface area contributed by atoms with Crippen molar-refractivity contribution in [3.05, 3.63) is 0 Å². The lowest BCUT2D eigenvalue weighted by molar-refractivity contribution is 0.107. The average molecular weight is 130 g/mol. The van der Waals surface area contributed by atoms with Gasteiger partial charge in [0.25, 0.3) is 0 Å². The van der Waals surface area contributed by atoms with Gasteiger partial charge in [-0.3, -0.25) is 11.3 Å². The first-order chi connectivity index (χ1) is 4.36. The SMILES string of the molecule is COC1CCC(NN)C1. The van der Waals surface area contributed by atoms with Crippen LogP contribution in [0.4, 0.5) is 0 Å². The minimum Gasteiger partial charge on any atom is -0.381 e. The lowest BCUT2D eigenvalue weighted by Gasteiger charge is -2.07. The van der Waals surface area contributed by atoms with Crippen molar-refractivity contribution in [2.24, 2.45) is 5.84 Å². The van der Waals surface area contributed by atoms with Crippen LogP contribution < -0.4 is 11.3 Å². The van der Waals surface area contributed by atoms with E-state index in [1.54, 1.807) is 7.11 Å². The van der Waals surface area contributed by atoms with Gasteiger partial charge in [0.15, 0.2) is 0 Å². The summed E-state index contributed by atoms with van der Waals surface area (Å²) < 4.78 is 5.15. The zero-order valence-electron chi connectivity index (χ0n) is 5.76. The molecule has 0 amide bonds. The van der Waals surface area contributed by atoms with E-state index in [1.165, 1.54) is 0 Å². The Kier molecular flexibility index (Phi) is 2.45. The highest BCUT2D eigenvalue weighted by molar-refractivity contribution is 4.78. The number of methoxy groups -OCH3 is 1. The summed E-state index contributed by atoms with van der Waals surface area (Å²) in [4.78, 5) is 0. The van der Waals surface area contributed by atoms with Crippen LogP contribution in [0.25, 0.3) is 0 Å². The van der Waals surface area contributed by atoms with Gasteiger partial charge in [-0.15, -0.1) is 0 Å². The molecule has 1 aliphatic carbocycles. The van der Waals surface area contributed by atoms with Crippen molar-refractivity contribution in [2.75, 3.05) is 7.11 Å². The van der Waals surface area contributed by atoms with E-state index in [-0.39, 0.29) is 0 Å². The number of nitrogens with one attached hydrogen (secondary N) is 1. The molecule has 54 valence electrons. The number of hydrogen-bond acceptors (Lipinski definition) is 3. The van der Waals surface area contributed by atoms with E-state index in [2.05, 4.69) is 5.43 Å². The Balaban J connectivity index is 2.20. The molecule has 0 spiro atoms. The van der Waals surface area contributed by atoms with Crippen molar-refractivity contribution in [1.82, 2.24) is 5.43 Å². The minimum absolute atomic E-state index is 0.436. The molecule has 9 heavy (non-hydrogen) atoms. The third kappa shape index (κ3) is 1.64. The summed E-state index contributed by atoms with van der Waals surface area (Å²) in [6.07, 6.45) is 3.79. The van der Waals surface area contributed by atoms with Crippen LogP contribution in [-0.2, 0) is 4.74 Å². The van der Waals surface area contributed by atoms with E-state index in [0.29, 0.717) is 12.1 Å². The second-order valence-electron chi connectivity index (χ2n) is 2.53. The third-order valence-corrected chi connectivity index (χ3v) is 1.95. The second kappa shape index (κ2) is 3.15. The highest BCUT2D eigenvalue weighted by Crippen LogP contribution is 2.20. The van der Waals surface area contributed by atoms with Gasteiger partial charge in [-0.2, -0.15) is 0 Å². The van der Waals surface area contributed by atoms with Crippen LogP contribution in [0.3, 0.4) is 0 Å². The molecule has 2 atom stereocenters. The van der Waals surface area contributed by atoms with E-state index >= 15 is 0 Å². The topological polar surface area (TPSA) is 47.3 Å². The number of rotatable bonds is 2. The molecular formula is C6H14N2O. The quantitative estimate of drug-likeness (QED) is 0.409. The predicted octanol–water partition coefficient (Wildman–Crippen LogP) is 0.0172. The summed E-state index contributed by atoms with van der Waals surface area (Å²) in [5.41, 5.74) is 2.75. The van der Waals surface area contributed by atoms with Gasteiger partial charge in [0.2, 0.25) is 0 Å². The van der Waals surface area contributed by atoms with Crippen molar-refractivity contribution in [3.63, 3.8) is 0 Å². The molecule has 1 aliphatic rings. The van der Waals surface area contributed by atoms with Gasteiger partial charge >= 0.3 is 0 Å². The normalized spacial score (nSPS) is 35.3. The number of ether oxygens (including phenoxy) is 1. The highest BCUT2D eigenvalue weighted by Gasteiger charge is 2.22. The maximum Gasteiger partial charge on any atom is 0.0587 e. The predicted molar refractivity (Wildman–Crippen MR) is 35.8 cm³/mol. The summed E-state index contributed by atoms with van der Waals surface area (Å²) in [6, 6.07) is 0.481. The van der Waals surface area contributed by atoms with Gasteiger partial charge in [0, 0.05) is 13.2 Å². The lowest BCUT2D eigenvalue weighted by atomic mass is 10.3. The largest absolute Gasteiger partial charge is 0.381 e. The van der Waals surface area contributed by atoms with Crippen LogP contribution >= 0.6 is 0 Å². The van der Waals surface area contributed by atoms with Gasteiger partial charge in [0.1, 0.15) is 0 Å². The maximum absolute atomic E-state index is 5.25. The molecule has 0 aromatic heterocycles. The van der Waals surface area contributed by atoms with Crippen molar-refractivity contribution in [1.29, 1.82) is 0 Å². The molecule has 0 aromatic rings. The van der Waals surface area contributed by atoms with Crippen LogP contribution in [0, 0.1) is 0 Å². The third-order valence-electron chi connectivity index (χ3n) is 1.95. The Bertz CT molecular complexity index is 77.1. The van der Waals surface area contributed by atoms with Gasteiger partial charge < -0.3 is 4.74 Å². The van der Waals surface area contributed by atoms with Crippen LogP contribution in [0.2, 0.25) is 0 Å². The fourth-order valence-corrected chi connectivity index (χ4v) is 1.31. The summed E-state index contributed by atoms with van der Waals surface area (Å²) in [5, 5.41) is 0. The molecular weight excluding hydrogens is 116 g/mol. The molecule has 0 aromatic carbocycles. The molecule has 0 heterocycles. The lowest BCUT2D eigenvalue weighted by Crippen LogP contribution is -2.33. The van der Waals surface area contributed by atoms with E-state index < -0.39 is 0 Å². The van der Waals surface area contributed by atoms with Gasteiger partial charge in [0.05, 0.1) is 6.10 Å². The number of hydrogen-bond donors (Lipinski definition) is 2. The fourth-order valence-electron chi connectivity index (χ4n) is 1.31. The van der Waals surface area contributed by atoms with Crippen molar-refractivity contribution >= 4 is 0 Å². The molecule has 0 saturated heterocycles. The summed E-state index contributed by atoms with van der Waals surface area (Å²) >= 11 is 0. The molecule has 2 unspecified atom stereocenters. The van der Waals surface area contributed by atoms with Crippen LogP contribution in [-0.4, -0.2) is 19.3 Å². The molecule has 3 N–H and O–H groups in total. The van der Waals surface area contributed by atoms with Crippen LogP contribution in [0.1, 0.15) is 19.3 Å². The summed E-state index contributed by atoms with van der Waals surface area (Å²) in [6.45, 7) is 0. The minimum atomic E-state index is 0.436. The maximum atomic E-state index is 5.25. The Morgan fingerprint density at radius 1 is 1.56 bits per heavy atom. The Hall–Kier alpha value is -0.120. The molecule has 1 fully saturated rings. The molecule has 3 nitrogen and oxygen atoms in total. The molecule has 1 saturated carbocycles. The number of nitrogens with two attached hydrogens (primary N) is 1. The Morgan fingerprint density at radius 2 is 2.33 bits per heavy atom. The van der Waals surface area contributed by atoms with Gasteiger partial charge in [-0.05, 0) is 19.3 Å². The molecule has 0 bridgehead atoms. The Morgan fingerprint density at radius 3 is 2.67 bits per heavy atom. The van der Waals surface area contributed by atoms with Crippen LogP contribution in [0.5, 0.6) is 0 Å². The molecule has 0 radical (unpaired) electrons. The zero-order chi connectivity index (χ0) is 6.69. The fraction of sp³-hybridized carbons (Fsp3) is 1.00. The molecule has 0 aliphatic heterocycles. The summed E-state index contributed by atoms with van der Waals surface area (Å²) in [5.74, 6) is 5.25. The number of hydrazine groups is 1. The average Bonchev–Trinajstić information content (AvgIpc) is 2.34. The van der Waals surface area contributed by atoms with Crippen LogP contribution in [0.15, 0.2) is 0 Å².